The summed E-state index contributed by atoms with van der Waals surface area (Å²) >= 11 is 0. The largest absolute Gasteiger partial charge is 0.352 e. The third-order valence-corrected chi connectivity index (χ3v) is 6.24. The number of carbonyl (C=O) groups is 1. The number of nitrogens with zero attached hydrogens (tertiary/aromatic N) is 4. The number of para-hydroxylation sites is 1. The summed E-state index contributed by atoms with van der Waals surface area (Å²) in [6.45, 7) is 5.25. The molecule has 2 aliphatic rings. The Hall–Kier alpha value is -2.95. The highest BCUT2D eigenvalue weighted by Crippen LogP contribution is 2.31. The second-order valence-electron chi connectivity index (χ2n) is 8.19. The van der Waals surface area contributed by atoms with Gasteiger partial charge in [0.05, 0.1) is 5.52 Å². The number of rotatable bonds is 3. The predicted molar refractivity (Wildman–Crippen MR) is 116 cm³/mol. The van der Waals surface area contributed by atoms with Crippen molar-refractivity contribution < 1.29 is 4.79 Å². The van der Waals surface area contributed by atoms with E-state index in [1.54, 1.807) is 0 Å². The van der Waals surface area contributed by atoms with Crippen LogP contribution in [0.5, 0.6) is 0 Å². The van der Waals surface area contributed by atoms with E-state index in [1.807, 2.05) is 17.0 Å². The molecular formula is C24H26N4O. The molecule has 148 valence electrons. The molecule has 5 heteroatoms. The maximum atomic E-state index is 12.6. The van der Waals surface area contributed by atoms with Gasteiger partial charge in [-0.3, -0.25) is 4.79 Å². The van der Waals surface area contributed by atoms with E-state index in [-0.39, 0.29) is 5.92 Å². The van der Waals surface area contributed by atoms with Crippen molar-refractivity contribution in [2.75, 3.05) is 31.1 Å². The average molecular weight is 386 g/mol. The molecule has 1 amide bonds. The zero-order valence-electron chi connectivity index (χ0n) is 16.8. The van der Waals surface area contributed by atoms with Crippen molar-refractivity contribution in [3.05, 3.63) is 54.1 Å². The molecule has 5 rings (SSSR count). The van der Waals surface area contributed by atoms with Crippen LogP contribution in [0.15, 0.2) is 48.5 Å². The van der Waals surface area contributed by atoms with Crippen LogP contribution in [0.3, 0.4) is 0 Å². The molecule has 0 bridgehead atoms. The fourth-order valence-corrected chi connectivity index (χ4v) is 4.18. The van der Waals surface area contributed by atoms with Crippen molar-refractivity contribution in [2.45, 2.75) is 26.2 Å². The lowest BCUT2D eigenvalue weighted by Crippen LogP contribution is -2.51. The van der Waals surface area contributed by atoms with Crippen molar-refractivity contribution in [1.29, 1.82) is 0 Å². The number of fused-ring (bicyclic) bond motifs is 1. The molecule has 1 saturated heterocycles. The van der Waals surface area contributed by atoms with Gasteiger partial charge in [0.25, 0.3) is 0 Å². The Morgan fingerprint density at radius 2 is 1.66 bits per heavy atom. The number of benzene rings is 2. The number of hydrogen-bond acceptors (Lipinski definition) is 4. The van der Waals surface area contributed by atoms with Crippen LogP contribution in [-0.2, 0) is 4.79 Å². The minimum Gasteiger partial charge on any atom is -0.352 e. The smallest absolute Gasteiger partial charge is 0.225 e. The fourth-order valence-electron chi connectivity index (χ4n) is 4.18. The molecule has 0 unspecified atom stereocenters. The first-order valence-corrected chi connectivity index (χ1v) is 10.6. The van der Waals surface area contributed by atoms with Gasteiger partial charge in [0.15, 0.2) is 5.82 Å². The van der Waals surface area contributed by atoms with Crippen molar-refractivity contribution >= 4 is 22.6 Å². The highest BCUT2D eigenvalue weighted by molar-refractivity contribution is 5.91. The van der Waals surface area contributed by atoms with Crippen LogP contribution in [0, 0.1) is 12.8 Å². The van der Waals surface area contributed by atoms with Crippen molar-refractivity contribution in [3.63, 3.8) is 0 Å². The number of amides is 1. The lowest BCUT2D eigenvalue weighted by atomic mass is 9.84. The maximum absolute atomic E-state index is 12.6. The molecule has 0 N–H and O–H groups in total. The van der Waals surface area contributed by atoms with E-state index in [9.17, 15) is 4.79 Å². The zero-order valence-corrected chi connectivity index (χ0v) is 16.8. The Kier molecular flexibility index (Phi) is 4.66. The molecule has 5 nitrogen and oxygen atoms in total. The summed E-state index contributed by atoms with van der Waals surface area (Å²) in [6.07, 6.45) is 3.33. The SMILES string of the molecule is Cc1ccc(-c2nc(N3CCN(C(=O)C4CCC4)CC3)c3ccccc3n2)cc1. The van der Waals surface area contributed by atoms with E-state index in [4.69, 9.17) is 9.97 Å². The van der Waals surface area contributed by atoms with Crippen LogP contribution >= 0.6 is 0 Å². The van der Waals surface area contributed by atoms with Crippen LogP contribution < -0.4 is 4.90 Å². The first kappa shape index (κ1) is 18.1. The number of carbonyl (C=O) groups excluding carboxylic acids is 1. The third kappa shape index (κ3) is 3.46. The van der Waals surface area contributed by atoms with Gasteiger partial charge in [0.2, 0.25) is 5.91 Å². The van der Waals surface area contributed by atoms with Gasteiger partial charge in [-0.05, 0) is 31.9 Å². The Morgan fingerprint density at radius 3 is 2.34 bits per heavy atom. The van der Waals surface area contributed by atoms with E-state index in [1.165, 1.54) is 12.0 Å². The Labute approximate surface area is 171 Å². The van der Waals surface area contributed by atoms with Crippen LogP contribution in [0.1, 0.15) is 24.8 Å². The summed E-state index contributed by atoms with van der Waals surface area (Å²) in [4.78, 5) is 26.7. The van der Waals surface area contributed by atoms with Crippen LogP contribution in [0.4, 0.5) is 5.82 Å². The molecule has 0 spiro atoms. The topological polar surface area (TPSA) is 49.3 Å². The molecule has 2 fully saturated rings. The second kappa shape index (κ2) is 7.47. The van der Waals surface area contributed by atoms with Crippen molar-refractivity contribution in [3.8, 4) is 11.4 Å². The molecule has 2 heterocycles. The van der Waals surface area contributed by atoms with Gasteiger partial charge in [-0.15, -0.1) is 0 Å². The molecule has 2 aromatic carbocycles. The van der Waals surface area contributed by atoms with E-state index in [2.05, 4.69) is 48.2 Å². The van der Waals surface area contributed by atoms with Crippen LogP contribution in [-0.4, -0.2) is 47.0 Å². The summed E-state index contributed by atoms with van der Waals surface area (Å²) in [7, 11) is 0. The quantitative estimate of drug-likeness (QED) is 0.681. The summed E-state index contributed by atoms with van der Waals surface area (Å²) < 4.78 is 0. The van der Waals surface area contributed by atoms with Crippen molar-refractivity contribution in [2.24, 2.45) is 5.92 Å². The van der Waals surface area contributed by atoms with Gasteiger partial charge in [-0.2, -0.15) is 0 Å². The summed E-state index contributed by atoms with van der Waals surface area (Å²) in [5.74, 6) is 2.35. The lowest BCUT2D eigenvalue weighted by molar-refractivity contribution is -0.138. The number of aryl methyl sites for hydroxylation is 1. The Balaban J connectivity index is 1.44. The molecular weight excluding hydrogens is 360 g/mol. The van der Waals surface area contributed by atoms with Gasteiger partial charge in [-0.1, -0.05) is 48.4 Å². The summed E-state index contributed by atoms with van der Waals surface area (Å²) in [5.41, 5.74) is 3.21. The first-order chi connectivity index (χ1) is 14.2. The highest BCUT2D eigenvalue weighted by Gasteiger charge is 2.31. The van der Waals surface area contributed by atoms with E-state index >= 15 is 0 Å². The first-order valence-electron chi connectivity index (χ1n) is 10.6. The van der Waals surface area contributed by atoms with E-state index < -0.39 is 0 Å². The highest BCUT2D eigenvalue weighted by atomic mass is 16.2. The number of piperazine rings is 1. The predicted octanol–water partition coefficient (Wildman–Crippen LogP) is 4.05. The van der Waals surface area contributed by atoms with Gasteiger partial charge in [0, 0.05) is 43.0 Å². The number of aromatic nitrogens is 2. The lowest BCUT2D eigenvalue weighted by Gasteiger charge is -2.39. The number of anilines is 1. The maximum Gasteiger partial charge on any atom is 0.225 e. The van der Waals surface area contributed by atoms with Gasteiger partial charge < -0.3 is 9.80 Å². The van der Waals surface area contributed by atoms with E-state index in [0.717, 1.165) is 67.1 Å². The molecule has 1 aliphatic heterocycles. The van der Waals surface area contributed by atoms with Crippen LogP contribution in [0.2, 0.25) is 0 Å². The molecule has 0 atom stereocenters. The third-order valence-electron chi connectivity index (χ3n) is 6.24. The Morgan fingerprint density at radius 1 is 0.931 bits per heavy atom. The van der Waals surface area contributed by atoms with E-state index in [0.29, 0.717) is 5.91 Å². The minimum atomic E-state index is 0.273. The number of hydrogen-bond donors (Lipinski definition) is 0. The average Bonchev–Trinajstić information content (AvgIpc) is 2.72. The fraction of sp³-hybridized carbons (Fsp3) is 0.375. The van der Waals surface area contributed by atoms with Crippen LogP contribution in [0.25, 0.3) is 22.3 Å². The molecule has 1 saturated carbocycles. The standard InChI is InChI=1S/C24H26N4O/c1-17-9-11-18(12-10-17)22-25-21-8-3-2-7-20(21)23(26-22)27-13-15-28(16-14-27)24(29)19-5-4-6-19/h2-3,7-12,19H,4-6,13-16H2,1H3. The summed E-state index contributed by atoms with van der Waals surface area (Å²) in [6, 6.07) is 16.6. The van der Waals surface area contributed by atoms with Gasteiger partial charge >= 0.3 is 0 Å². The molecule has 0 radical (unpaired) electrons. The minimum absolute atomic E-state index is 0.273. The molecule has 1 aromatic heterocycles. The summed E-state index contributed by atoms with van der Waals surface area (Å²) in [5, 5.41) is 1.07. The second-order valence-corrected chi connectivity index (χ2v) is 8.19. The molecule has 3 aromatic rings. The molecule has 1 aliphatic carbocycles. The van der Waals surface area contributed by atoms with Gasteiger partial charge in [0.1, 0.15) is 5.82 Å². The Bertz CT molecular complexity index is 1030. The monoisotopic (exact) mass is 386 g/mol. The van der Waals surface area contributed by atoms with Gasteiger partial charge in [-0.25, -0.2) is 9.97 Å². The zero-order chi connectivity index (χ0) is 19.8. The van der Waals surface area contributed by atoms with Crippen molar-refractivity contribution in [1.82, 2.24) is 14.9 Å². The normalized spacial score (nSPS) is 17.4. The molecule has 29 heavy (non-hydrogen) atoms.